The molecule has 0 aromatic carbocycles. The molecule has 89 heavy (non-hydrogen) atoms. The fourth-order valence-electron chi connectivity index (χ4n) is 11.1. The van der Waals surface area contributed by atoms with Crippen LogP contribution in [-0.4, -0.2) is 227 Å². The van der Waals surface area contributed by atoms with E-state index in [0.29, 0.717) is 19.3 Å². The molecule has 12 atom stereocenters. The summed E-state index contributed by atoms with van der Waals surface area (Å²) in [6, 6.07) is -10.4. The van der Waals surface area contributed by atoms with Crippen LogP contribution >= 0.6 is 0 Å². The second kappa shape index (κ2) is 37.5. The first-order valence-electron chi connectivity index (χ1n) is 32.0. The molecule has 1 aliphatic heterocycles. The molecule has 506 valence electrons. The molecular formula is C65H114N12O12. The van der Waals surface area contributed by atoms with E-state index in [2.05, 4.69) is 27.3 Å². The Labute approximate surface area is 532 Å². The second-order valence-electron chi connectivity index (χ2n) is 27.0. The Bertz CT molecular complexity index is 2480. The molecule has 1 heterocycles. The average molecular weight is 1260 g/mol. The molecule has 0 bridgehead atoms. The molecule has 0 aromatic heterocycles. The van der Waals surface area contributed by atoms with Crippen LogP contribution in [0.3, 0.4) is 0 Å². The maximum Gasteiger partial charge on any atom is 0.246 e. The van der Waals surface area contributed by atoms with Crippen LogP contribution < -0.4 is 21.3 Å². The minimum atomic E-state index is -1.65. The van der Waals surface area contributed by atoms with Crippen molar-refractivity contribution in [2.24, 2.45) is 41.4 Å². The van der Waals surface area contributed by atoms with E-state index in [4.69, 9.17) is 5.26 Å². The molecule has 0 spiro atoms. The molecule has 1 aliphatic rings. The molecule has 1 fully saturated rings. The number of rotatable bonds is 18. The number of carbonyl (C=O) groups excluding carboxylic acids is 11. The van der Waals surface area contributed by atoms with Gasteiger partial charge in [-0.05, 0) is 107 Å². The number of aliphatic hydroxyl groups is 1. The molecule has 24 heteroatoms. The smallest absolute Gasteiger partial charge is 0.246 e. The zero-order valence-corrected chi connectivity index (χ0v) is 58.1. The first-order valence-corrected chi connectivity index (χ1v) is 32.0. The number of amides is 11. The Morgan fingerprint density at radius 3 is 1.40 bits per heavy atom. The lowest BCUT2D eigenvalue weighted by Crippen LogP contribution is -2.63. The number of aliphatic hydroxyl groups excluding tert-OH is 1. The normalized spacial score (nSPS) is 26.1. The third-order valence-corrected chi connectivity index (χ3v) is 16.7. The maximum atomic E-state index is 15.2. The summed E-state index contributed by atoms with van der Waals surface area (Å²) in [5.41, 5.74) is 0. The molecule has 0 radical (unpaired) electrons. The van der Waals surface area contributed by atoms with E-state index in [0.717, 1.165) is 9.80 Å². The largest absolute Gasteiger partial charge is 0.390 e. The van der Waals surface area contributed by atoms with Crippen molar-refractivity contribution in [2.45, 2.75) is 235 Å². The van der Waals surface area contributed by atoms with E-state index < -0.39 is 156 Å². The van der Waals surface area contributed by atoms with Crippen LogP contribution in [0.15, 0.2) is 12.2 Å². The minimum absolute atomic E-state index is 0.00190. The fourth-order valence-corrected chi connectivity index (χ4v) is 11.1. The summed E-state index contributed by atoms with van der Waals surface area (Å²) in [7, 11) is 9.86. The highest BCUT2D eigenvalue weighted by Gasteiger charge is 2.46. The molecule has 5 N–H and O–H groups in total. The number of hydrogen-bond acceptors (Lipinski definition) is 13. The van der Waals surface area contributed by atoms with E-state index in [1.807, 2.05) is 67.5 Å². The highest BCUT2D eigenvalue weighted by molar-refractivity contribution is 5.99. The summed E-state index contributed by atoms with van der Waals surface area (Å²) in [6.45, 7) is 27.4. The molecule has 24 nitrogen and oxygen atoms in total. The first kappa shape index (κ1) is 80.4. The highest BCUT2D eigenvalue weighted by Crippen LogP contribution is 2.26. The number of hydrogen-bond donors (Lipinski definition) is 5. The monoisotopic (exact) mass is 1250 g/mol. The minimum Gasteiger partial charge on any atom is -0.390 e. The number of nitriles is 1. The zero-order chi connectivity index (χ0) is 68.8. The van der Waals surface area contributed by atoms with E-state index in [-0.39, 0.29) is 62.2 Å². The van der Waals surface area contributed by atoms with Gasteiger partial charge in [-0.3, -0.25) is 52.7 Å². The van der Waals surface area contributed by atoms with Crippen LogP contribution in [0.25, 0.3) is 0 Å². The van der Waals surface area contributed by atoms with Gasteiger partial charge in [0.25, 0.3) is 0 Å². The van der Waals surface area contributed by atoms with Gasteiger partial charge >= 0.3 is 0 Å². The topological polar surface area (TPSA) is 303 Å². The van der Waals surface area contributed by atoms with E-state index in [1.54, 1.807) is 41.5 Å². The van der Waals surface area contributed by atoms with Crippen LogP contribution in [-0.2, 0) is 52.7 Å². The zero-order valence-electron chi connectivity index (χ0n) is 58.1. The number of nitrogens with zero attached hydrogens (tertiary/aromatic N) is 8. The van der Waals surface area contributed by atoms with E-state index >= 15 is 14.4 Å². The Balaban J connectivity index is 4.35. The van der Waals surface area contributed by atoms with Crippen LogP contribution in [0.5, 0.6) is 0 Å². The van der Waals surface area contributed by atoms with Gasteiger partial charge in [-0.1, -0.05) is 109 Å². The average Bonchev–Trinajstić information content (AvgIpc) is 1.62. The van der Waals surface area contributed by atoms with Gasteiger partial charge in [0.1, 0.15) is 60.4 Å². The first-order chi connectivity index (χ1) is 41.2. The maximum absolute atomic E-state index is 15.2. The van der Waals surface area contributed by atoms with Crippen molar-refractivity contribution in [3.63, 3.8) is 0 Å². The van der Waals surface area contributed by atoms with Crippen LogP contribution in [0.1, 0.15) is 169 Å². The standard InChI is InChI=1S/C65H114N12O12/c1-24-46-61(85)71(17)36-51(78)72(18)47(32-37(2)3)58(82)70-52(41(10)11)64(88)73(19)48(33-38(4)5)57(81)67-44(15)56(80)68-45(16)60(84)74(20)49(34-39(6)7)62(86)75(21)50(35-40(8)9)63(87)76(22)53(42(12)13)65(89)77(23)54(59(83)69-46)55(79)43(14)30-28-26-25-27-29-31-66/h26,28,37-50,52-55,79H,24-25,27,29-30,32-36H2,1-23H3,(H,67,81)(H,68,80)(H,69,83)(H,70,82)/b28-26+/t43-,44-,45+,46-,47+,48-,49-,50-,52-,53-,54+,55-/m1/s1. The third kappa shape index (κ3) is 23.6. The molecule has 1 rings (SSSR count). The second-order valence-corrected chi connectivity index (χ2v) is 27.0. The molecule has 0 aliphatic carbocycles. The lowest BCUT2D eigenvalue weighted by molar-refractivity contribution is -0.157. The van der Waals surface area contributed by atoms with Crippen LogP contribution in [0.2, 0.25) is 0 Å². The van der Waals surface area contributed by atoms with Crippen LogP contribution in [0, 0.1) is 52.8 Å². The Morgan fingerprint density at radius 2 is 0.933 bits per heavy atom. The van der Waals surface area contributed by atoms with Crippen molar-refractivity contribution in [3.05, 3.63) is 12.2 Å². The molecule has 0 unspecified atom stereocenters. The summed E-state index contributed by atoms with van der Waals surface area (Å²) >= 11 is 0. The molecule has 0 aromatic rings. The fraction of sp³-hybridized carbons (Fsp3) is 0.785. The van der Waals surface area contributed by atoms with Gasteiger partial charge in [0, 0.05) is 55.8 Å². The summed E-state index contributed by atoms with van der Waals surface area (Å²) in [6.07, 6.45) is 4.52. The van der Waals surface area contributed by atoms with E-state index in [9.17, 15) is 43.5 Å². The summed E-state index contributed by atoms with van der Waals surface area (Å²) < 4.78 is 0. The van der Waals surface area contributed by atoms with E-state index in [1.165, 1.54) is 87.7 Å². The quantitative estimate of drug-likeness (QED) is 0.0961. The van der Waals surface area contributed by atoms with Crippen molar-refractivity contribution in [3.8, 4) is 6.07 Å². The van der Waals surface area contributed by atoms with Crippen molar-refractivity contribution in [1.82, 2.24) is 55.6 Å². The van der Waals surface area contributed by atoms with Gasteiger partial charge in [0.05, 0.1) is 18.7 Å². The predicted octanol–water partition coefficient (Wildman–Crippen LogP) is 3.94. The molecule has 11 amide bonds. The van der Waals surface area contributed by atoms with Gasteiger partial charge in [0.2, 0.25) is 65.0 Å². The van der Waals surface area contributed by atoms with Gasteiger partial charge in [-0.2, -0.15) is 5.26 Å². The Morgan fingerprint density at radius 1 is 0.494 bits per heavy atom. The molecule has 1 saturated heterocycles. The van der Waals surface area contributed by atoms with Crippen molar-refractivity contribution in [2.75, 3.05) is 55.9 Å². The van der Waals surface area contributed by atoms with Crippen molar-refractivity contribution >= 4 is 65.0 Å². The summed E-state index contributed by atoms with van der Waals surface area (Å²) in [5, 5.41) is 32.3. The van der Waals surface area contributed by atoms with Gasteiger partial charge in [0.15, 0.2) is 0 Å². The SMILES string of the molecule is CC[C@H]1NC(=O)[C@H]([C@H](O)[C@H](C)C/C=C/CCCC#N)N(C)C(=O)[C@@H](C(C)C)N(C)C(=O)[C@@H](CC(C)C)N(C)C(=O)[C@@H](CC(C)C)N(C)C(=O)[C@H](C)NC(=O)[C@@H](C)NC(=O)[C@@H](CC(C)C)N(C)C(=O)[C@@H](C(C)C)NC(=O)[C@H](CC(C)C)N(C)C(=O)CN(C)C1=O. The summed E-state index contributed by atoms with van der Waals surface area (Å²) in [4.78, 5) is 169. The lowest BCUT2D eigenvalue weighted by Gasteiger charge is -2.41. The van der Waals surface area contributed by atoms with Crippen molar-refractivity contribution < 1.29 is 57.8 Å². The Kier molecular flexibility index (Phi) is 33.9. The number of likely N-dealkylation sites (N-methyl/N-ethyl adjacent to an activating group) is 7. The molecule has 0 saturated carbocycles. The number of nitrogens with one attached hydrogen (secondary N) is 4. The predicted molar refractivity (Wildman–Crippen MR) is 342 cm³/mol. The third-order valence-electron chi connectivity index (χ3n) is 16.7. The number of allylic oxidation sites excluding steroid dienone is 2. The van der Waals surface area contributed by atoms with Crippen molar-refractivity contribution in [1.29, 1.82) is 5.26 Å². The number of unbranched alkanes of at least 4 members (excludes halogenated alkanes) is 2. The van der Waals surface area contributed by atoms with Gasteiger partial charge in [-0.15, -0.1) is 0 Å². The number of carbonyl (C=O) groups is 11. The van der Waals surface area contributed by atoms with Gasteiger partial charge in [-0.25, -0.2) is 0 Å². The lowest BCUT2D eigenvalue weighted by atomic mass is 9.91. The van der Waals surface area contributed by atoms with Crippen LogP contribution in [0.4, 0.5) is 0 Å². The highest BCUT2D eigenvalue weighted by atomic mass is 16.3. The van der Waals surface area contributed by atoms with Gasteiger partial charge < -0.3 is 60.7 Å². The Hall–Kier alpha value is -6.64. The summed E-state index contributed by atoms with van der Waals surface area (Å²) in [5.74, 6) is -9.99. The molecular weight excluding hydrogens is 1140 g/mol.